The van der Waals surface area contributed by atoms with E-state index in [1.54, 1.807) is 7.11 Å². The van der Waals surface area contributed by atoms with Crippen molar-refractivity contribution in [2.24, 2.45) is 5.73 Å². The van der Waals surface area contributed by atoms with E-state index in [0.29, 0.717) is 5.88 Å². The molecule has 0 spiro atoms. The maximum atomic E-state index is 5.66. The molecule has 0 aliphatic heterocycles. The summed E-state index contributed by atoms with van der Waals surface area (Å²) in [6.07, 6.45) is 3.10. The summed E-state index contributed by atoms with van der Waals surface area (Å²) in [5.41, 5.74) is 11.4. The first-order valence-electron chi connectivity index (χ1n) is 8.06. The Morgan fingerprint density at radius 3 is 2.74 bits per heavy atom. The van der Waals surface area contributed by atoms with Crippen LogP contribution in [0.15, 0.2) is 36.4 Å². The lowest BCUT2D eigenvalue weighted by atomic mass is 10.0. The van der Waals surface area contributed by atoms with E-state index in [2.05, 4.69) is 35.1 Å². The zero-order valence-corrected chi connectivity index (χ0v) is 13.7. The Morgan fingerprint density at radius 2 is 1.96 bits per heavy atom. The van der Waals surface area contributed by atoms with E-state index >= 15 is 0 Å². The molecule has 0 radical (unpaired) electrons. The first kappa shape index (κ1) is 15.6. The molecule has 4 heteroatoms. The highest BCUT2D eigenvalue weighted by molar-refractivity contribution is 5.92. The Balaban J connectivity index is 2.13. The van der Waals surface area contributed by atoms with Gasteiger partial charge >= 0.3 is 0 Å². The molecule has 3 rings (SSSR count). The van der Waals surface area contributed by atoms with Crippen molar-refractivity contribution in [3.63, 3.8) is 0 Å². The number of para-hydroxylation sites is 1. The van der Waals surface area contributed by atoms with E-state index in [1.807, 2.05) is 18.2 Å². The summed E-state index contributed by atoms with van der Waals surface area (Å²) in [6, 6.07) is 12.3. The van der Waals surface area contributed by atoms with Crippen molar-refractivity contribution in [3.8, 4) is 17.3 Å². The number of aromatic nitrogens is 2. The summed E-state index contributed by atoms with van der Waals surface area (Å²) in [7, 11) is 1.64. The van der Waals surface area contributed by atoms with Crippen molar-refractivity contribution in [3.05, 3.63) is 47.5 Å². The fraction of sp³-hybridized carbons (Fsp3) is 0.316. The van der Waals surface area contributed by atoms with Crippen LogP contribution in [0.3, 0.4) is 0 Å². The number of nitrogens with two attached hydrogens (primary N) is 1. The van der Waals surface area contributed by atoms with Crippen LogP contribution in [-0.4, -0.2) is 23.6 Å². The monoisotopic (exact) mass is 309 g/mol. The predicted molar refractivity (Wildman–Crippen MR) is 94.8 cm³/mol. The molecule has 0 unspecified atom stereocenters. The molecule has 2 aromatic heterocycles. The largest absolute Gasteiger partial charge is 0.481 e. The van der Waals surface area contributed by atoms with Crippen molar-refractivity contribution in [1.29, 1.82) is 0 Å². The van der Waals surface area contributed by atoms with Crippen LogP contribution >= 0.6 is 0 Å². The van der Waals surface area contributed by atoms with Gasteiger partial charge in [-0.2, -0.15) is 0 Å². The fourth-order valence-corrected chi connectivity index (χ4v) is 3.01. The molecule has 3 aromatic rings. The molecule has 3 N–H and O–H groups in total. The van der Waals surface area contributed by atoms with Crippen molar-refractivity contribution in [1.82, 2.24) is 9.97 Å². The van der Waals surface area contributed by atoms with Crippen LogP contribution in [0.4, 0.5) is 0 Å². The third-order valence-corrected chi connectivity index (χ3v) is 4.22. The Bertz CT molecular complexity index is 807. The number of benzene rings is 1. The maximum Gasteiger partial charge on any atom is 0.213 e. The van der Waals surface area contributed by atoms with E-state index in [1.165, 1.54) is 22.0 Å². The number of rotatable bonds is 6. The number of ether oxygens (including phenoxy) is 1. The molecule has 120 valence electrons. The highest BCUT2D eigenvalue weighted by Crippen LogP contribution is 2.32. The molecule has 23 heavy (non-hydrogen) atoms. The van der Waals surface area contributed by atoms with E-state index in [-0.39, 0.29) is 0 Å². The summed E-state index contributed by atoms with van der Waals surface area (Å²) < 4.78 is 5.27. The lowest BCUT2D eigenvalue weighted by Gasteiger charge is -2.06. The average molecular weight is 309 g/mol. The standard InChI is InChI=1S/C19H23N3O/c1-13-7-5-9-14-15(8-3-4-12-20)19(22-18(13)14)16-10-6-11-17(21-16)23-2/h5-7,9-11,22H,3-4,8,12,20H2,1-2H3. The van der Waals surface area contributed by atoms with Gasteiger partial charge in [0, 0.05) is 17.0 Å². The lowest BCUT2D eigenvalue weighted by molar-refractivity contribution is 0.398. The third-order valence-electron chi connectivity index (χ3n) is 4.22. The van der Waals surface area contributed by atoms with E-state index in [4.69, 9.17) is 10.5 Å². The van der Waals surface area contributed by atoms with Crippen molar-refractivity contribution >= 4 is 10.9 Å². The molecule has 0 bridgehead atoms. The van der Waals surface area contributed by atoms with Crippen molar-refractivity contribution in [2.45, 2.75) is 26.2 Å². The van der Waals surface area contributed by atoms with Crippen LogP contribution in [0, 0.1) is 6.92 Å². The topological polar surface area (TPSA) is 63.9 Å². The molecule has 0 saturated heterocycles. The van der Waals surface area contributed by atoms with Gasteiger partial charge in [0.25, 0.3) is 0 Å². The molecule has 2 heterocycles. The predicted octanol–water partition coefficient (Wildman–Crippen LogP) is 3.83. The average Bonchev–Trinajstić information content (AvgIpc) is 2.95. The maximum absolute atomic E-state index is 5.66. The Labute approximate surface area is 136 Å². The Hall–Kier alpha value is -2.33. The normalized spacial score (nSPS) is 11.1. The zero-order valence-electron chi connectivity index (χ0n) is 13.7. The number of methoxy groups -OCH3 is 1. The molecule has 4 nitrogen and oxygen atoms in total. The molecular weight excluding hydrogens is 286 g/mol. The number of fused-ring (bicyclic) bond motifs is 1. The van der Waals surface area contributed by atoms with Gasteiger partial charge in [0.05, 0.1) is 18.5 Å². The van der Waals surface area contributed by atoms with Gasteiger partial charge < -0.3 is 15.5 Å². The SMILES string of the molecule is COc1cccc(-c2[nH]c3c(C)cccc3c2CCCCN)n1. The summed E-state index contributed by atoms with van der Waals surface area (Å²) in [4.78, 5) is 8.17. The molecular formula is C19H23N3O. The van der Waals surface area contributed by atoms with Gasteiger partial charge in [-0.05, 0) is 49.9 Å². The van der Waals surface area contributed by atoms with E-state index in [9.17, 15) is 0 Å². The molecule has 0 atom stereocenters. The lowest BCUT2D eigenvalue weighted by Crippen LogP contribution is -1.99. The minimum absolute atomic E-state index is 0.630. The van der Waals surface area contributed by atoms with Gasteiger partial charge in [0.15, 0.2) is 0 Å². The minimum atomic E-state index is 0.630. The van der Waals surface area contributed by atoms with Crippen LogP contribution in [0.5, 0.6) is 5.88 Å². The molecule has 0 fully saturated rings. The second-order valence-corrected chi connectivity index (χ2v) is 5.79. The number of hydrogen-bond donors (Lipinski definition) is 2. The Morgan fingerprint density at radius 1 is 1.13 bits per heavy atom. The number of unbranched alkanes of at least 4 members (excludes halogenated alkanes) is 1. The van der Waals surface area contributed by atoms with Crippen molar-refractivity contribution < 1.29 is 4.74 Å². The number of nitrogens with zero attached hydrogens (tertiary/aromatic N) is 1. The number of nitrogens with one attached hydrogen (secondary N) is 1. The minimum Gasteiger partial charge on any atom is -0.481 e. The zero-order chi connectivity index (χ0) is 16.2. The third kappa shape index (κ3) is 3.08. The van der Waals surface area contributed by atoms with Crippen LogP contribution in [-0.2, 0) is 6.42 Å². The van der Waals surface area contributed by atoms with Gasteiger partial charge in [0.1, 0.15) is 0 Å². The Kier molecular flexibility index (Phi) is 4.63. The van der Waals surface area contributed by atoms with Crippen LogP contribution in [0.25, 0.3) is 22.3 Å². The van der Waals surface area contributed by atoms with Crippen LogP contribution in [0.1, 0.15) is 24.0 Å². The smallest absolute Gasteiger partial charge is 0.213 e. The number of aromatic amines is 1. The number of H-pyrrole nitrogens is 1. The van der Waals surface area contributed by atoms with Crippen LogP contribution in [0.2, 0.25) is 0 Å². The molecule has 0 aliphatic rings. The van der Waals surface area contributed by atoms with Gasteiger partial charge in [-0.25, -0.2) is 4.98 Å². The molecule has 0 amide bonds. The first-order chi connectivity index (χ1) is 11.2. The highest BCUT2D eigenvalue weighted by Gasteiger charge is 2.15. The van der Waals surface area contributed by atoms with Gasteiger partial charge in [-0.1, -0.05) is 24.3 Å². The number of pyridine rings is 1. The summed E-state index contributed by atoms with van der Waals surface area (Å²) in [5.74, 6) is 0.630. The summed E-state index contributed by atoms with van der Waals surface area (Å²) in [5, 5.41) is 1.28. The van der Waals surface area contributed by atoms with Crippen LogP contribution < -0.4 is 10.5 Å². The molecule has 0 aliphatic carbocycles. The second-order valence-electron chi connectivity index (χ2n) is 5.79. The second kappa shape index (κ2) is 6.84. The quantitative estimate of drug-likeness (QED) is 0.680. The van der Waals surface area contributed by atoms with Gasteiger partial charge in [0.2, 0.25) is 5.88 Å². The molecule has 0 saturated carbocycles. The van der Waals surface area contributed by atoms with E-state index in [0.717, 1.165) is 37.2 Å². The first-order valence-corrected chi connectivity index (χ1v) is 8.06. The fourth-order valence-electron chi connectivity index (χ4n) is 3.01. The summed E-state index contributed by atoms with van der Waals surface area (Å²) in [6.45, 7) is 2.86. The van der Waals surface area contributed by atoms with Crippen molar-refractivity contribution in [2.75, 3.05) is 13.7 Å². The molecule has 1 aromatic carbocycles. The number of hydrogen-bond acceptors (Lipinski definition) is 3. The van der Waals surface area contributed by atoms with Gasteiger partial charge in [-0.3, -0.25) is 0 Å². The summed E-state index contributed by atoms with van der Waals surface area (Å²) >= 11 is 0. The van der Waals surface area contributed by atoms with Gasteiger partial charge in [-0.15, -0.1) is 0 Å². The highest BCUT2D eigenvalue weighted by atomic mass is 16.5. The van der Waals surface area contributed by atoms with E-state index < -0.39 is 0 Å². The number of aryl methyl sites for hydroxylation is 2.